The van der Waals surface area contributed by atoms with E-state index in [0.717, 1.165) is 16.3 Å². The molecule has 0 amide bonds. The number of aromatic nitrogens is 2. The van der Waals surface area contributed by atoms with Gasteiger partial charge in [-0.25, -0.2) is 0 Å². The zero-order valence-corrected chi connectivity index (χ0v) is 12.6. The molecular weight excluding hydrogens is 316 g/mol. The summed E-state index contributed by atoms with van der Waals surface area (Å²) >= 11 is 6.20. The van der Waals surface area contributed by atoms with Gasteiger partial charge in [-0.15, -0.1) is 5.10 Å². The van der Waals surface area contributed by atoms with Gasteiger partial charge in [-0.1, -0.05) is 35.9 Å². The first-order valence-corrected chi connectivity index (χ1v) is 7.28. The maximum Gasteiger partial charge on any atom is 0.231 e. The van der Waals surface area contributed by atoms with Crippen molar-refractivity contribution in [1.29, 1.82) is 0 Å². The van der Waals surface area contributed by atoms with Crippen LogP contribution in [0.25, 0.3) is 10.8 Å². The van der Waals surface area contributed by atoms with E-state index < -0.39 is 0 Å². The summed E-state index contributed by atoms with van der Waals surface area (Å²) in [6.45, 7) is 0.204. The lowest BCUT2D eigenvalue weighted by molar-refractivity contribution is 0.174. The van der Waals surface area contributed by atoms with Crippen molar-refractivity contribution in [3.63, 3.8) is 0 Å². The van der Waals surface area contributed by atoms with Gasteiger partial charge in [0.2, 0.25) is 6.79 Å². The first-order valence-electron chi connectivity index (χ1n) is 6.90. The molecule has 1 aromatic heterocycles. The minimum atomic E-state index is 0.204. The monoisotopic (exact) mass is 326 g/mol. The molecular formula is C16H11ClN4O2. The molecule has 2 aromatic carbocycles. The lowest BCUT2D eigenvalue weighted by Gasteiger charge is -2.04. The van der Waals surface area contributed by atoms with Gasteiger partial charge in [-0.05, 0) is 6.07 Å². The van der Waals surface area contributed by atoms with Gasteiger partial charge in [-0.2, -0.15) is 10.2 Å². The second-order valence-electron chi connectivity index (χ2n) is 4.88. The highest BCUT2D eigenvalue weighted by molar-refractivity contribution is 6.33. The molecule has 0 saturated carbocycles. The van der Waals surface area contributed by atoms with Crippen LogP contribution in [0.2, 0.25) is 5.02 Å². The van der Waals surface area contributed by atoms with Gasteiger partial charge >= 0.3 is 0 Å². The van der Waals surface area contributed by atoms with E-state index in [0.29, 0.717) is 22.3 Å². The van der Waals surface area contributed by atoms with Crippen molar-refractivity contribution in [2.45, 2.75) is 0 Å². The number of hydrazone groups is 1. The van der Waals surface area contributed by atoms with Crippen molar-refractivity contribution in [3.05, 3.63) is 53.2 Å². The van der Waals surface area contributed by atoms with Gasteiger partial charge < -0.3 is 9.47 Å². The molecule has 3 aromatic rings. The molecule has 0 saturated heterocycles. The smallest absolute Gasteiger partial charge is 0.231 e. The molecule has 1 aliphatic rings. The highest BCUT2D eigenvalue weighted by Gasteiger charge is 2.15. The number of benzene rings is 2. The number of hydrogen-bond acceptors (Lipinski definition) is 6. The molecule has 23 heavy (non-hydrogen) atoms. The number of nitrogens with one attached hydrogen (secondary N) is 1. The lowest BCUT2D eigenvalue weighted by Crippen LogP contribution is -1.96. The normalized spacial score (nSPS) is 12.9. The van der Waals surface area contributed by atoms with Crippen molar-refractivity contribution >= 4 is 34.4 Å². The minimum absolute atomic E-state index is 0.204. The summed E-state index contributed by atoms with van der Waals surface area (Å²) in [7, 11) is 0. The van der Waals surface area contributed by atoms with E-state index in [1.165, 1.54) is 0 Å². The summed E-state index contributed by atoms with van der Waals surface area (Å²) in [6, 6.07) is 11.3. The van der Waals surface area contributed by atoms with E-state index >= 15 is 0 Å². The molecule has 7 heteroatoms. The quantitative estimate of drug-likeness (QED) is 0.589. The molecule has 0 aliphatic carbocycles. The second-order valence-corrected chi connectivity index (χ2v) is 5.28. The van der Waals surface area contributed by atoms with Crippen LogP contribution in [0.4, 0.5) is 5.82 Å². The first kappa shape index (κ1) is 13.8. The summed E-state index contributed by atoms with van der Waals surface area (Å²) in [5, 5.41) is 14.7. The zero-order valence-electron chi connectivity index (χ0n) is 11.9. The third-order valence-corrected chi connectivity index (χ3v) is 3.76. The predicted octanol–water partition coefficient (Wildman–Crippen LogP) is 3.46. The van der Waals surface area contributed by atoms with Crippen molar-refractivity contribution in [3.8, 4) is 11.5 Å². The first-order chi connectivity index (χ1) is 11.3. The van der Waals surface area contributed by atoms with E-state index in [4.69, 9.17) is 21.1 Å². The average molecular weight is 327 g/mol. The van der Waals surface area contributed by atoms with Crippen LogP contribution >= 0.6 is 11.6 Å². The van der Waals surface area contributed by atoms with Crippen LogP contribution < -0.4 is 14.9 Å². The Morgan fingerprint density at radius 3 is 2.91 bits per heavy atom. The summed E-state index contributed by atoms with van der Waals surface area (Å²) in [6.07, 6.45) is 3.31. The fourth-order valence-corrected chi connectivity index (χ4v) is 2.51. The van der Waals surface area contributed by atoms with Crippen LogP contribution in [0.1, 0.15) is 5.56 Å². The molecule has 0 spiro atoms. The van der Waals surface area contributed by atoms with Crippen LogP contribution in [0.5, 0.6) is 11.5 Å². The highest BCUT2D eigenvalue weighted by atomic mass is 35.5. The SMILES string of the molecule is Clc1cc2c(cc1C=NNc1nncc3ccccc13)OCO2. The van der Waals surface area contributed by atoms with E-state index in [2.05, 4.69) is 20.7 Å². The molecule has 2 heterocycles. The summed E-state index contributed by atoms with van der Waals surface area (Å²) in [4.78, 5) is 0. The van der Waals surface area contributed by atoms with E-state index in [9.17, 15) is 0 Å². The number of fused-ring (bicyclic) bond motifs is 2. The topological polar surface area (TPSA) is 68.6 Å². The Labute approximate surface area is 136 Å². The fraction of sp³-hybridized carbons (Fsp3) is 0.0625. The third-order valence-electron chi connectivity index (χ3n) is 3.44. The Hall–Kier alpha value is -2.86. The van der Waals surface area contributed by atoms with Gasteiger partial charge in [0.15, 0.2) is 17.3 Å². The number of rotatable bonds is 3. The molecule has 0 fully saturated rings. The number of halogens is 1. The van der Waals surface area contributed by atoms with E-state index in [1.54, 1.807) is 24.5 Å². The van der Waals surface area contributed by atoms with Gasteiger partial charge in [0.1, 0.15) is 0 Å². The third kappa shape index (κ3) is 2.64. The molecule has 6 nitrogen and oxygen atoms in total. The van der Waals surface area contributed by atoms with Crippen LogP contribution in [-0.4, -0.2) is 23.2 Å². The predicted molar refractivity (Wildman–Crippen MR) is 88.3 cm³/mol. The van der Waals surface area contributed by atoms with Crippen LogP contribution in [-0.2, 0) is 0 Å². The Morgan fingerprint density at radius 1 is 1.17 bits per heavy atom. The van der Waals surface area contributed by atoms with Crippen LogP contribution in [0, 0.1) is 0 Å². The average Bonchev–Trinajstić information content (AvgIpc) is 3.02. The number of nitrogens with zero attached hydrogens (tertiary/aromatic N) is 3. The molecule has 1 N–H and O–H groups in total. The molecule has 0 unspecified atom stereocenters. The number of anilines is 1. The van der Waals surface area contributed by atoms with Crippen molar-refractivity contribution in [2.75, 3.05) is 12.2 Å². The number of hydrogen-bond donors (Lipinski definition) is 1. The van der Waals surface area contributed by atoms with E-state index in [1.807, 2.05) is 24.3 Å². The van der Waals surface area contributed by atoms with Crippen molar-refractivity contribution in [1.82, 2.24) is 10.2 Å². The van der Waals surface area contributed by atoms with Crippen LogP contribution in [0.15, 0.2) is 47.7 Å². The molecule has 1 aliphatic heterocycles. The fourth-order valence-electron chi connectivity index (χ4n) is 2.31. The van der Waals surface area contributed by atoms with Gasteiger partial charge in [-0.3, -0.25) is 5.43 Å². The standard InChI is InChI=1S/C16H11ClN4O2/c17-13-6-15-14(22-9-23-15)5-11(13)8-19-21-16-12-4-2-1-3-10(12)7-18-20-16/h1-8H,9H2,(H,20,21). The largest absolute Gasteiger partial charge is 0.454 e. The Bertz CT molecular complexity index is 908. The van der Waals surface area contributed by atoms with Gasteiger partial charge in [0, 0.05) is 22.4 Å². The van der Waals surface area contributed by atoms with Crippen molar-refractivity contribution in [2.24, 2.45) is 5.10 Å². The second kappa shape index (κ2) is 5.73. The summed E-state index contributed by atoms with van der Waals surface area (Å²) < 4.78 is 10.6. The highest BCUT2D eigenvalue weighted by Crippen LogP contribution is 2.36. The molecule has 0 radical (unpaired) electrons. The lowest BCUT2D eigenvalue weighted by atomic mass is 10.2. The Balaban J connectivity index is 1.60. The molecule has 4 rings (SSSR count). The van der Waals surface area contributed by atoms with Gasteiger partial charge in [0.05, 0.1) is 17.4 Å². The summed E-state index contributed by atoms with van der Waals surface area (Å²) in [5.41, 5.74) is 3.62. The van der Waals surface area contributed by atoms with E-state index in [-0.39, 0.29) is 6.79 Å². The van der Waals surface area contributed by atoms with Gasteiger partial charge in [0.25, 0.3) is 0 Å². The molecule has 0 atom stereocenters. The zero-order chi connectivity index (χ0) is 15.6. The minimum Gasteiger partial charge on any atom is -0.454 e. The maximum absolute atomic E-state index is 6.20. The van der Waals surface area contributed by atoms with Crippen molar-refractivity contribution < 1.29 is 9.47 Å². The summed E-state index contributed by atoms with van der Waals surface area (Å²) in [5.74, 6) is 1.87. The Kier molecular flexibility index (Phi) is 3.44. The Morgan fingerprint density at radius 2 is 2.00 bits per heavy atom. The maximum atomic E-state index is 6.20. The molecule has 0 bridgehead atoms. The number of ether oxygens (including phenoxy) is 2. The molecule has 114 valence electrons. The van der Waals surface area contributed by atoms with Crippen LogP contribution in [0.3, 0.4) is 0 Å².